The van der Waals surface area contributed by atoms with Gasteiger partial charge in [0.1, 0.15) is 0 Å². The van der Waals surface area contributed by atoms with Crippen molar-refractivity contribution in [3.8, 4) is 0 Å². The van der Waals surface area contributed by atoms with E-state index < -0.39 is 14.1 Å². The van der Waals surface area contributed by atoms with Crippen molar-refractivity contribution in [2.75, 3.05) is 63.8 Å². The van der Waals surface area contributed by atoms with Crippen molar-refractivity contribution in [1.29, 1.82) is 0 Å². The van der Waals surface area contributed by atoms with Crippen LogP contribution < -0.4 is 15.8 Å². The lowest BCUT2D eigenvalue weighted by molar-refractivity contribution is 0.147. The Bertz CT molecular complexity index is 1610. The van der Waals surface area contributed by atoms with Crippen LogP contribution in [0, 0.1) is 20.8 Å². The molecule has 0 radical (unpaired) electrons. The molecule has 8 nitrogen and oxygen atoms in total. The van der Waals surface area contributed by atoms with Crippen LogP contribution in [0.2, 0.25) is 13.6 Å². The molecular formula is C42H70B2N6O2S3. The number of nitrogens with one attached hydrogen (secondary N) is 3. The van der Waals surface area contributed by atoms with Crippen LogP contribution in [-0.2, 0) is 17.3 Å². The van der Waals surface area contributed by atoms with Gasteiger partial charge in [-0.15, -0.1) is 23.5 Å². The summed E-state index contributed by atoms with van der Waals surface area (Å²) in [5, 5.41) is 28.2. The Morgan fingerprint density at radius 3 is 1.76 bits per heavy atom. The molecule has 3 aromatic carbocycles. The normalized spacial score (nSPS) is 12.1. The number of fused-ring (bicyclic) bond motifs is 1. The fourth-order valence-corrected chi connectivity index (χ4v) is 7.41. The monoisotopic (exact) mass is 808 g/mol. The largest absolute Gasteiger partial charge is 0.433 e. The SMILES string of the molecule is CB(O)Nc1ccc(C)cc1CS/C(C)=C\N(C)C.CC(N(C)C)N(C)C.CC1=CNc2ccc(C)cc2CS1.CCSCc1cc(C)ccc1NB(C)O. The lowest BCUT2D eigenvalue weighted by Gasteiger charge is -2.26. The molecule has 0 aliphatic carbocycles. The third kappa shape index (κ3) is 22.0. The Balaban J connectivity index is 0.000000381. The van der Waals surface area contributed by atoms with Crippen molar-refractivity contribution in [3.05, 3.63) is 110 Å². The van der Waals surface area contributed by atoms with Gasteiger partial charge in [0.2, 0.25) is 0 Å². The Kier molecular flexibility index (Phi) is 24.8. The average molecular weight is 809 g/mol. The number of hydrogen-bond acceptors (Lipinski definition) is 11. The number of rotatable bonds is 13. The fraction of sp³-hybridized carbons (Fsp3) is 0.476. The van der Waals surface area contributed by atoms with Crippen LogP contribution in [0.4, 0.5) is 17.1 Å². The number of allylic oxidation sites excluding steroid dienone is 2. The van der Waals surface area contributed by atoms with E-state index >= 15 is 0 Å². The van der Waals surface area contributed by atoms with Crippen molar-refractivity contribution in [2.45, 2.75) is 85.5 Å². The molecule has 0 amide bonds. The zero-order chi connectivity index (χ0) is 41.7. The van der Waals surface area contributed by atoms with E-state index in [9.17, 15) is 10.0 Å². The molecule has 13 heteroatoms. The molecule has 0 saturated carbocycles. The van der Waals surface area contributed by atoms with Gasteiger partial charge in [0.05, 0.1) is 6.17 Å². The quantitative estimate of drug-likeness (QED) is 0.0846. The van der Waals surface area contributed by atoms with Gasteiger partial charge in [-0.1, -0.05) is 60.0 Å². The van der Waals surface area contributed by atoms with Crippen LogP contribution in [0.15, 0.2) is 76.8 Å². The smallest absolute Gasteiger partial charge is 0.406 e. The number of aryl methyl sites for hydroxylation is 3. The van der Waals surface area contributed by atoms with Crippen LogP contribution in [0.3, 0.4) is 0 Å². The van der Waals surface area contributed by atoms with Crippen molar-refractivity contribution in [1.82, 2.24) is 14.7 Å². The molecule has 304 valence electrons. The first kappa shape index (κ1) is 50.4. The van der Waals surface area contributed by atoms with Gasteiger partial charge in [-0.25, -0.2) is 0 Å². The predicted octanol–water partition coefficient (Wildman–Crippen LogP) is 9.91. The summed E-state index contributed by atoms with van der Waals surface area (Å²) in [5.74, 6) is 4.08. The van der Waals surface area contributed by atoms with E-state index in [1.807, 2.05) is 54.7 Å². The second-order valence-corrected chi connectivity index (χ2v) is 18.2. The fourth-order valence-electron chi connectivity index (χ4n) is 5.08. The topological polar surface area (TPSA) is 86.3 Å². The Morgan fingerprint density at radius 1 is 0.818 bits per heavy atom. The van der Waals surface area contributed by atoms with Crippen molar-refractivity contribution < 1.29 is 10.0 Å². The summed E-state index contributed by atoms with van der Waals surface area (Å²) in [7, 11) is 11.3. The standard InChI is InChI=1S/C14H23BN2OS.C11H18BNOS.C11H13NS.C6H16N2/c1-11-6-7-14(16-15(3)18)13(8-11)10-19-12(2)9-17(4)5;1-4-15-8-10-7-9(2)5-6-11(10)13-12(3)14;1-8-3-4-11-10(5-8)7-13-9(2)6-12-11;1-6(7(2)3)8(4)5/h6-9,16,18H,10H2,1-5H3;5-7,13-14H,4,8H2,1-3H3;3-6,12H,7H2,1-2H3;6H,1-5H3/b12-9-;;;. The van der Waals surface area contributed by atoms with Gasteiger partial charge in [-0.05, 0) is 134 Å². The molecule has 5 N–H and O–H groups in total. The first-order valence-corrected chi connectivity index (χ1v) is 22.1. The molecule has 1 aliphatic heterocycles. The van der Waals surface area contributed by atoms with E-state index in [1.54, 1.807) is 25.4 Å². The maximum atomic E-state index is 9.46. The minimum Gasteiger partial charge on any atom is -0.433 e. The van der Waals surface area contributed by atoms with E-state index in [4.69, 9.17) is 0 Å². The van der Waals surface area contributed by atoms with Crippen molar-refractivity contribution >= 4 is 66.4 Å². The summed E-state index contributed by atoms with van der Waals surface area (Å²) in [6, 6.07) is 19.1. The predicted molar refractivity (Wildman–Crippen MR) is 255 cm³/mol. The maximum Gasteiger partial charge on any atom is 0.406 e. The zero-order valence-electron chi connectivity index (χ0n) is 36.4. The van der Waals surface area contributed by atoms with Crippen molar-refractivity contribution in [3.63, 3.8) is 0 Å². The Labute approximate surface area is 349 Å². The van der Waals surface area contributed by atoms with Gasteiger partial charge in [-0.2, -0.15) is 11.8 Å². The highest BCUT2D eigenvalue weighted by Gasteiger charge is 2.10. The Hall–Kier alpha value is -2.64. The van der Waals surface area contributed by atoms with Gasteiger partial charge in [-0.3, -0.25) is 9.80 Å². The highest BCUT2D eigenvalue weighted by molar-refractivity contribution is 8.02. The summed E-state index contributed by atoms with van der Waals surface area (Å²) in [6.07, 6.45) is 4.73. The molecule has 55 heavy (non-hydrogen) atoms. The number of hydrogen-bond donors (Lipinski definition) is 5. The van der Waals surface area contributed by atoms with E-state index in [0.29, 0.717) is 6.17 Å². The van der Waals surface area contributed by atoms with Crippen LogP contribution in [0.5, 0.6) is 0 Å². The van der Waals surface area contributed by atoms with Gasteiger partial charge < -0.3 is 30.7 Å². The molecule has 0 atom stereocenters. The van der Waals surface area contributed by atoms with Gasteiger partial charge in [0.15, 0.2) is 0 Å². The van der Waals surface area contributed by atoms with Crippen LogP contribution in [0.25, 0.3) is 0 Å². The van der Waals surface area contributed by atoms with Crippen LogP contribution in [-0.4, -0.2) is 93.1 Å². The number of benzene rings is 3. The lowest BCUT2D eigenvalue weighted by Crippen LogP contribution is -2.37. The molecule has 4 rings (SSSR count). The molecule has 0 unspecified atom stereocenters. The second-order valence-electron chi connectivity index (χ2n) is 14.5. The second kappa shape index (κ2) is 27.1. The lowest BCUT2D eigenvalue weighted by atomic mass is 9.88. The summed E-state index contributed by atoms with van der Waals surface area (Å²) >= 11 is 5.58. The van der Waals surface area contributed by atoms with Gasteiger partial charge in [0, 0.05) is 60.8 Å². The molecule has 0 bridgehead atoms. The number of thioether (sulfide) groups is 3. The maximum absolute atomic E-state index is 9.46. The van der Waals surface area contributed by atoms with E-state index in [2.05, 4.69) is 157 Å². The molecule has 3 aromatic rings. The number of nitrogens with zero attached hydrogens (tertiary/aromatic N) is 3. The third-order valence-corrected chi connectivity index (χ3v) is 11.2. The molecule has 1 heterocycles. The van der Waals surface area contributed by atoms with Crippen LogP contribution in [0.1, 0.15) is 61.1 Å². The third-order valence-electron chi connectivity index (χ3n) is 8.25. The first-order valence-electron chi connectivity index (χ1n) is 18.9. The highest BCUT2D eigenvalue weighted by Crippen LogP contribution is 2.30. The number of anilines is 3. The minimum absolute atomic E-state index is 0.502. The summed E-state index contributed by atoms with van der Waals surface area (Å²) in [5.41, 5.74) is 11.0. The van der Waals surface area contributed by atoms with E-state index in [1.165, 1.54) is 48.9 Å². The molecule has 0 saturated heterocycles. The summed E-state index contributed by atoms with van der Waals surface area (Å²) < 4.78 is 0. The van der Waals surface area contributed by atoms with E-state index in [-0.39, 0.29) is 0 Å². The molecular weight excluding hydrogens is 738 g/mol. The van der Waals surface area contributed by atoms with Crippen molar-refractivity contribution in [2.24, 2.45) is 0 Å². The molecule has 1 aliphatic rings. The van der Waals surface area contributed by atoms with Gasteiger partial charge in [0.25, 0.3) is 0 Å². The summed E-state index contributed by atoms with van der Waals surface area (Å²) in [6.45, 7) is 18.3. The van der Waals surface area contributed by atoms with Gasteiger partial charge >= 0.3 is 14.1 Å². The van der Waals surface area contributed by atoms with Crippen LogP contribution >= 0.6 is 35.3 Å². The molecule has 0 fully saturated rings. The van der Waals surface area contributed by atoms with E-state index in [0.717, 1.165) is 34.4 Å². The average Bonchev–Trinajstić information content (AvgIpc) is 3.28. The highest BCUT2D eigenvalue weighted by atomic mass is 32.2. The Morgan fingerprint density at radius 2 is 1.31 bits per heavy atom. The minimum atomic E-state index is -0.537. The zero-order valence-corrected chi connectivity index (χ0v) is 38.8. The molecule has 0 aromatic heterocycles. The molecule has 0 spiro atoms. The summed E-state index contributed by atoms with van der Waals surface area (Å²) in [4.78, 5) is 9.00. The first-order chi connectivity index (χ1) is 25.8.